The van der Waals surface area contributed by atoms with Crippen molar-refractivity contribution in [2.75, 3.05) is 19.0 Å². The number of carboxylic acids is 1. The van der Waals surface area contributed by atoms with E-state index in [0.717, 1.165) is 12.3 Å². The second-order valence-corrected chi connectivity index (χ2v) is 3.21. The molecule has 6 nitrogen and oxygen atoms in total. The summed E-state index contributed by atoms with van der Waals surface area (Å²) in [7, 11) is 1.17. The van der Waals surface area contributed by atoms with Crippen LogP contribution < -0.4 is 5.32 Å². The Hall–Kier alpha value is -1.90. The molecule has 0 spiro atoms. The maximum atomic E-state index is 12.3. The molecule has 1 aromatic heterocycles. The number of carboxylic acid groups (broad SMARTS) is 1. The quantitative estimate of drug-likeness (QED) is 0.826. The highest BCUT2D eigenvalue weighted by Crippen LogP contribution is 2.27. The molecule has 18 heavy (non-hydrogen) atoms. The summed E-state index contributed by atoms with van der Waals surface area (Å²) < 4.78 is 41.6. The van der Waals surface area contributed by atoms with E-state index >= 15 is 0 Å². The predicted molar refractivity (Wildman–Crippen MR) is 54.0 cm³/mol. The van der Waals surface area contributed by atoms with Gasteiger partial charge in [0.05, 0.1) is 6.54 Å². The van der Waals surface area contributed by atoms with Gasteiger partial charge in [-0.05, 0) is 6.07 Å². The average molecular weight is 265 g/mol. The van der Waals surface area contributed by atoms with Crippen molar-refractivity contribution in [3.63, 3.8) is 0 Å². The van der Waals surface area contributed by atoms with Gasteiger partial charge in [0, 0.05) is 13.3 Å². The first-order valence-corrected chi connectivity index (χ1v) is 4.74. The smallest absolute Gasteiger partial charge is 0.433 e. The summed E-state index contributed by atoms with van der Waals surface area (Å²) in [6.07, 6.45) is -4.84. The number of anilines is 1. The molecule has 0 radical (unpaired) electrons. The highest BCUT2D eigenvalue weighted by Gasteiger charge is 2.32. The molecular weight excluding hydrogens is 255 g/mol. The molecule has 0 bridgehead atoms. The molecule has 0 aliphatic heterocycles. The van der Waals surface area contributed by atoms with Crippen LogP contribution in [0.15, 0.2) is 12.3 Å². The van der Waals surface area contributed by atoms with E-state index in [1.54, 1.807) is 0 Å². The van der Waals surface area contributed by atoms with Crippen LogP contribution in [0, 0.1) is 0 Å². The van der Waals surface area contributed by atoms with Crippen LogP contribution in [0.1, 0.15) is 5.69 Å². The first-order valence-electron chi connectivity index (χ1n) is 4.74. The molecule has 0 aromatic carbocycles. The summed E-state index contributed by atoms with van der Waals surface area (Å²) in [5.74, 6) is -1.55. The summed E-state index contributed by atoms with van der Waals surface area (Å²) in [6, 6.07) is 0.718. The highest BCUT2D eigenvalue weighted by atomic mass is 19.4. The Labute approximate surface area is 99.8 Å². The van der Waals surface area contributed by atoms with Crippen LogP contribution in [0.5, 0.6) is 0 Å². The number of nitrogens with one attached hydrogen (secondary N) is 1. The lowest BCUT2D eigenvalue weighted by atomic mass is 10.3. The third kappa shape index (κ3) is 3.84. The van der Waals surface area contributed by atoms with Gasteiger partial charge in [-0.3, -0.25) is 0 Å². The molecule has 1 heterocycles. The zero-order chi connectivity index (χ0) is 13.8. The average Bonchev–Trinajstić information content (AvgIpc) is 2.28. The van der Waals surface area contributed by atoms with Crippen molar-refractivity contribution in [2.45, 2.75) is 12.3 Å². The fraction of sp³-hybridized carbons (Fsp3) is 0.444. The Morgan fingerprint density at radius 2 is 2.28 bits per heavy atom. The van der Waals surface area contributed by atoms with Crippen LogP contribution in [-0.4, -0.2) is 40.8 Å². The number of ether oxygens (including phenoxy) is 1. The molecule has 0 aliphatic carbocycles. The second-order valence-electron chi connectivity index (χ2n) is 3.21. The Bertz CT molecular complexity index is 425. The van der Waals surface area contributed by atoms with E-state index in [4.69, 9.17) is 5.11 Å². The summed E-state index contributed by atoms with van der Waals surface area (Å²) >= 11 is 0. The van der Waals surface area contributed by atoms with E-state index < -0.39 is 23.9 Å². The van der Waals surface area contributed by atoms with Crippen molar-refractivity contribution in [1.29, 1.82) is 0 Å². The van der Waals surface area contributed by atoms with Crippen LogP contribution in [0.25, 0.3) is 0 Å². The van der Waals surface area contributed by atoms with E-state index in [1.165, 1.54) is 7.11 Å². The standard InChI is InChI=1S/C9H10F3N3O3/c1-18-5(7(16)17)4-14-8-13-3-2-6(15-8)9(10,11)12/h2-3,5H,4H2,1H3,(H,16,17)(H,13,14,15). The van der Waals surface area contributed by atoms with Gasteiger partial charge in [0.1, 0.15) is 5.69 Å². The lowest BCUT2D eigenvalue weighted by molar-refractivity contribution is -0.147. The maximum Gasteiger partial charge on any atom is 0.433 e. The van der Waals surface area contributed by atoms with Crippen LogP contribution in [0.4, 0.5) is 19.1 Å². The zero-order valence-corrected chi connectivity index (χ0v) is 9.23. The van der Waals surface area contributed by atoms with Crippen molar-refractivity contribution in [3.8, 4) is 0 Å². The fourth-order valence-electron chi connectivity index (χ4n) is 1.06. The zero-order valence-electron chi connectivity index (χ0n) is 9.23. The Morgan fingerprint density at radius 3 is 2.78 bits per heavy atom. The van der Waals surface area contributed by atoms with Crippen molar-refractivity contribution in [1.82, 2.24) is 9.97 Å². The summed E-state index contributed by atoms with van der Waals surface area (Å²) in [5.41, 5.74) is -1.11. The van der Waals surface area contributed by atoms with E-state index in [1.807, 2.05) is 0 Å². The van der Waals surface area contributed by atoms with Crippen molar-refractivity contribution < 1.29 is 27.8 Å². The van der Waals surface area contributed by atoms with Crippen LogP contribution in [0.3, 0.4) is 0 Å². The van der Waals surface area contributed by atoms with Gasteiger partial charge in [0.2, 0.25) is 5.95 Å². The van der Waals surface area contributed by atoms with E-state index in [2.05, 4.69) is 20.0 Å². The van der Waals surface area contributed by atoms with Gasteiger partial charge >= 0.3 is 12.1 Å². The molecule has 0 amide bonds. The Kier molecular flexibility index (Phi) is 4.43. The van der Waals surface area contributed by atoms with Gasteiger partial charge < -0.3 is 15.2 Å². The summed E-state index contributed by atoms with van der Waals surface area (Å²) in [6.45, 7) is -0.243. The number of carbonyl (C=O) groups is 1. The largest absolute Gasteiger partial charge is 0.479 e. The van der Waals surface area contributed by atoms with Crippen molar-refractivity contribution >= 4 is 11.9 Å². The third-order valence-electron chi connectivity index (χ3n) is 1.95. The fourth-order valence-corrected chi connectivity index (χ4v) is 1.06. The minimum absolute atomic E-state index is 0.243. The number of halogens is 3. The Morgan fingerprint density at radius 1 is 1.61 bits per heavy atom. The van der Waals surface area contributed by atoms with Gasteiger partial charge in [-0.25, -0.2) is 14.8 Å². The SMILES string of the molecule is COC(CNc1nccc(C(F)(F)F)n1)C(=O)O. The summed E-state index contributed by atoms with van der Waals surface area (Å²) in [4.78, 5) is 17.4. The number of hydrogen-bond acceptors (Lipinski definition) is 5. The topological polar surface area (TPSA) is 84.3 Å². The molecule has 1 unspecified atom stereocenters. The minimum Gasteiger partial charge on any atom is -0.479 e. The predicted octanol–water partition coefficient (Wildman–Crippen LogP) is 1.01. The molecule has 1 atom stereocenters. The third-order valence-corrected chi connectivity index (χ3v) is 1.95. The lowest BCUT2D eigenvalue weighted by Crippen LogP contribution is -2.31. The molecule has 2 N–H and O–H groups in total. The van der Waals surface area contributed by atoms with Crippen molar-refractivity contribution in [3.05, 3.63) is 18.0 Å². The van der Waals surface area contributed by atoms with E-state index in [0.29, 0.717) is 0 Å². The van der Waals surface area contributed by atoms with Gasteiger partial charge in [0.15, 0.2) is 6.10 Å². The number of rotatable bonds is 5. The number of nitrogens with zero attached hydrogens (tertiary/aromatic N) is 2. The number of methoxy groups -OCH3 is 1. The van der Waals surface area contributed by atoms with Gasteiger partial charge in [-0.15, -0.1) is 0 Å². The van der Waals surface area contributed by atoms with Crippen LogP contribution >= 0.6 is 0 Å². The molecule has 1 rings (SSSR count). The van der Waals surface area contributed by atoms with Crippen LogP contribution in [0.2, 0.25) is 0 Å². The van der Waals surface area contributed by atoms with E-state index in [-0.39, 0.29) is 12.5 Å². The number of aliphatic carboxylic acids is 1. The molecule has 0 fully saturated rings. The Balaban J connectivity index is 2.71. The minimum atomic E-state index is -4.58. The first kappa shape index (κ1) is 14.2. The normalized spacial score (nSPS) is 13.1. The van der Waals surface area contributed by atoms with Gasteiger partial charge in [0.25, 0.3) is 0 Å². The monoisotopic (exact) mass is 265 g/mol. The van der Waals surface area contributed by atoms with Crippen LogP contribution in [-0.2, 0) is 15.7 Å². The molecule has 0 saturated heterocycles. The molecule has 9 heteroatoms. The molecule has 100 valence electrons. The molecule has 0 saturated carbocycles. The maximum absolute atomic E-state index is 12.3. The van der Waals surface area contributed by atoms with Crippen molar-refractivity contribution in [2.24, 2.45) is 0 Å². The second kappa shape index (κ2) is 5.63. The number of aromatic nitrogens is 2. The summed E-state index contributed by atoms with van der Waals surface area (Å²) in [5, 5.41) is 11.0. The van der Waals surface area contributed by atoms with Gasteiger partial charge in [-0.2, -0.15) is 13.2 Å². The highest BCUT2D eigenvalue weighted by molar-refractivity contribution is 5.73. The first-order chi connectivity index (χ1) is 8.34. The lowest BCUT2D eigenvalue weighted by Gasteiger charge is -2.12. The molecular formula is C9H10F3N3O3. The molecule has 1 aromatic rings. The number of hydrogen-bond donors (Lipinski definition) is 2. The number of alkyl halides is 3. The van der Waals surface area contributed by atoms with Gasteiger partial charge in [-0.1, -0.05) is 0 Å². The van der Waals surface area contributed by atoms with E-state index in [9.17, 15) is 18.0 Å². The molecule has 0 aliphatic rings.